The minimum Gasteiger partial charge on any atom is -0.478 e. The molecule has 0 saturated heterocycles. The van der Waals surface area contributed by atoms with E-state index in [1.54, 1.807) is 31.2 Å². The summed E-state index contributed by atoms with van der Waals surface area (Å²) >= 11 is 6.84. The molecule has 0 bridgehead atoms. The topological polar surface area (TPSA) is 116 Å². The van der Waals surface area contributed by atoms with E-state index < -0.39 is 22.8 Å². The van der Waals surface area contributed by atoms with Gasteiger partial charge in [0.1, 0.15) is 0 Å². The van der Waals surface area contributed by atoms with E-state index in [0.717, 1.165) is 11.8 Å². The number of rotatable bonds is 6. The second kappa shape index (κ2) is 8.32. The lowest BCUT2D eigenvalue weighted by Gasteiger charge is -2.10. The molecular weight excluding hydrogens is 406 g/mol. The summed E-state index contributed by atoms with van der Waals surface area (Å²) < 4.78 is 6.30. The Hall–Kier alpha value is -3.04. The van der Waals surface area contributed by atoms with Crippen LogP contribution in [0.2, 0.25) is 5.02 Å². The number of aromatic nitrogens is 2. The van der Waals surface area contributed by atoms with E-state index in [-0.39, 0.29) is 21.3 Å². The van der Waals surface area contributed by atoms with Gasteiger partial charge in [-0.05, 0) is 46.8 Å². The van der Waals surface area contributed by atoms with Gasteiger partial charge in [-0.3, -0.25) is 9.32 Å². The number of para-hydroxylation sites is 1. The normalized spacial score (nSPS) is 11.8. The van der Waals surface area contributed by atoms with Crippen molar-refractivity contribution in [2.24, 2.45) is 0 Å². The van der Waals surface area contributed by atoms with Crippen LogP contribution in [0.15, 0.2) is 62.9 Å². The number of aromatic carboxylic acids is 1. The molecule has 1 atom stereocenters. The van der Waals surface area contributed by atoms with Gasteiger partial charge in [-0.25, -0.2) is 9.59 Å². The maximum atomic E-state index is 12.5. The highest BCUT2D eigenvalue weighted by Gasteiger charge is 2.29. The van der Waals surface area contributed by atoms with Crippen LogP contribution in [0.1, 0.15) is 17.3 Å². The number of thioether (sulfide) groups is 1. The fraction of sp³-hybridized carbons (Fsp3) is 0.111. The number of carboxylic acid groups (broad SMARTS) is 1. The van der Waals surface area contributed by atoms with E-state index in [1.807, 2.05) is 6.07 Å². The quantitative estimate of drug-likeness (QED) is 0.417. The summed E-state index contributed by atoms with van der Waals surface area (Å²) in [5, 5.41) is 13.9. The van der Waals surface area contributed by atoms with E-state index in [0.29, 0.717) is 5.69 Å². The maximum Gasteiger partial charge on any atom is 0.442 e. The van der Waals surface area contributed by atoms with Crippen LogP contribution in [0.4, 0.5) is 5.69 Å². The fourth-order valence-corrected chi connectivity index (χ4v) is 3.43. The molecule has 3 N–H and O–H groups in total. The van der Waals surface area contributed by atoms with Crippen molar-refractivity contribution in [2.45, 2.75) is 17.2 Å². The van der Waals surface area contributed by atoms with Crippen LogP contribution in [0.3, 0.4) is 0 Å². The highest BCUT2D eigenvalue weighted by molar-refractivity contribution is 8.00. The summed E-state index contributed by atoms with van der Waals surface area (Å²) in [5.74, 6) is -1.61. The van der Waals surface area contributed by atoms with Crippen molar-refractivity contribution in [2.75, 3.05) is 5.32 Å². The molecule has 2 aromatic carbocycles. The van der Waals surface area contributed by atoms with Crippen LogP contribution >= 0.6 is 23.4 Å². The van der Waals surface area contributed by atoms with Gasteiger partial charge < -0.3 is 10.4 Å². The number of H-pyrrole nitrogens is 1. The third kappa shape index (κ3) is 4.26. The molecule has 1 aromatic heterocycles. The Kier molecular flexibility index (Phi) is 5.86. The maximum absolute atomic E-state index is 12.5. The number of carboxylic acids is 1. The van der Waals surface area contributed by atoms with Crippen molar-refractivity contribution >= 4 is 40.9 Å². The van der Waals surface area contributed by atoms with E-state index in [2.05, 4.69) is 10.6 Å². The first-order valence-electron chi connectivity index (χ1n) is 8.06. The number of hydrogen-bond acceptors (Lipinski definition) is 5. The van der Waals surface area contributed by atoms with Crippen molar-refractivity contribution in [3.63, 3.8) is 0 Å². The van der Waals surface area contributed by atoms with Crippen molar-refractivity contribution in [1.29, 1.82) is 0 Å². The van der Waals surface area contributed by atoms with Gasteiger partial charge in [0.15, 0.2) is 0 Å². The van der Waals surface area contributed by atoms with Crippen molar-refractivity contribution in [1.82, 2.24) is 5.27 Å². The number of hydrogen-bond donors (Lipinski definition) is 3. The number of carbonyl (C=O) groups excluding carboxylic acids is 1. The number of amides is 1. The van der Waals surface area contributed by atoms with Crippen molar-refractivity contribution in [3.05, 3.63) is 69.5 Å². The summed E-state index contributed by atoms with van der Waals surface area (Å²) in [6, 6.07) is 13.2. The molecule has 3 aromatic rings. The van der Waals surface area contributed by atoms with Crippen LogP contribution in [-0.2, 0) is 4.79 Å². The molecule has 1 amide bonds. The number of carbonyl (C=O) groups is 2. The Morgan fingerprint density at radius 3 is 2.64 bits per heavy atom. The lowest BCUT2D eigenvalue weighted by molar-refractivity contribution is -0.704. The zero-order valence-electron chi connectivity index (χ0n) is 14.5. The average molecular weight is 421 g/mol. The number of anilines is 1. The van der Waals surface area contributed by atoms with Gasteiger partial charge in [-0.1, -0.05) is 29.8 Å². The lowest BCUT2D eigenvalue weighted by Crippen LogP contribution is -2.37. The number of nitrogens with zero attached hydrogens (tertiary/aromatic N) is 1. The number of nitrogens with one attached hydrogen (secondary N) is 2. The van der Waals surface area contributed by atoms with Gasteiger partial charge in [0, 0.05) is 17.8 Å². The van der Waals surface area contributed by atoms with Crippen LogP contribution in [0, 0.1) is 0 Å². The molecule has 0 aliphatic rings. The Labute approximate surface area is 168 Å². The van der Waals surface area contributed by atoms with Crippen LogP contribution < -0.4 is 15.6 Å². The average Bonchev–Trinajstić information content (AvgIpc) is 3.04. The van der Waals surface area contributed by atoms with Gasteiger partial charge in [0.25, 0.3) is 0 Å². The van der Waals surface area contributed by atoms with Crippen LogP contribution in [-0.4, -0.2) is 27.5 Å². The first kappa shape index (κ1) is 19.7. The molecule has 0 aliphatic carbocycles. The third-order valence-corrected chi connectivity index (χ3v) is 5.21. The van der Waals surface area contributed by atoms with Gasteiger partial charge in [-0.2, -0.15) is 0 Å². The standard InChI is InChI=1S/C18H14ClN3O5S/c1-10(15(23)20-11-7-8-14(19)13(9-11)17(24)25)28-16-18(26)27-21-22(16)12-5-3-2-4-6-12/h2-10H,1H3,(H2-,20,21,23,24,25,26)/p+1. The van der Waals surface area contributed by atoms with Crippen molar-refractivity contribution in [3.8, 4) is 5.69 Å². The zero-order valence-corrected chi connectivity index (χ0v) is 16.1. The predicted octanol–water partition coefficient (Wildman–Crippen LogP) is 2.72. The Morgan fingerprint density at radius 1 is 1.25 bits per heavy atom. The summed E-state index contributed by atoms with van der Waals surface area (Å²) in [7, 11) is 0. The van der Waals surface area contributed by atoms with Gasteiger partial charge in [0.2, 0.25) is 11.6 Å². The number of benzene rings is 2. The van der Waals surface area contributed by atoms with E-state index in [1.165, 1.54) is 22.9 Å². The van der Waals surface area contributed by atoms with Gasteiger partial charge >= 0.3 is 16.6 Å². The van der Waals surface area contributed by atoms with E-state index in [4.69, 9.17) is 21.2 Å². The Balaban J connectivity index is 1.77. The second-order valence-corrected chi connectivity index (χ2v) is 7.44. The molecule has 0 spiro atoms. The highest BCUT2D eigenvalue weighted by Crippen LogP contribution is 2.23. The summed E-state index contributed by atoms with van der Waals surface area (Å²) in [6.45, 7) is 1.62. The molecule has 10 heteroatoms. The van der Waals surface area contributed by atoms with E-state index in [9.17, 15) is 14.4 Å². The lowest BCUT2D eigenvalue weighted by atomic mass is 10.2. The summed E-state index contributed by atoms with van der Waals surface area (Å²) in [5.41, 5.74) is 0.240. The summed E-state index contributed by atoms with van der Waals surface area (Å²) in [4.78, 5) is 35.7. The predicted molar refractivity (Wildman–Crippen MR) is 103 cm³/mol. The molecule has 0 fully saturated rings. The first-order chi connectivity index (χ1) is 13.4. The SMILES string of the molecule is CC(Sc1c(=O)o[nH][n+]1-c1ccccc1)C(=O)Nc1ccc(Cl)c(C(=O)O)c1. The van der Waals surface area contributed by atoms with Crippen LogP contribution in [0.5, 0.6) is 0 Å². The van der Waals surface area contributed by atoms with E-state index >= 15 is 0 Å². The number of halogens is 1. The largest absolute Gasteiger partial charge is 0.478 e. The molecule has 0 aliphatic heterocycles. The smallest absolute Gasteiger partial charge is 0.442 e. The molecule has 0 radical (unpaired) electrons. The van der Waals surface area contributed by atoms with Crippen LogP contribution in [0.25, 0.3) is 5.69 Å². The van der Waals surface area contributed by atoms with Gasteiger partial charge in [-0.15, -0.1) is 0 Å². The molecule has 3 rings (SSSR count). The molecule has 28 heavy (non-hydrogen) atoms. The summed E-state index contributed by atoms with van der Waals surface area (Å²) in [6.07, 6.45) is 0. The van der Waals surface area contributed by atoms with Gasteiger partial charge in [0.05, 0.1) is 15.8 Å². The third-order valence-electron chi connectivity index (χ3n) is 3.74. The number of aromatic amines is 1. The molecule has 144 valence electrons. The molecule has 1 unspecified atom stereocenters. The monoisotopic (exact) mass is 420 g/mol. The zero-order chi connectivity index (χ0) is 20.3. The minimum atomic E-state index is -1.20. The Bertz CT molecular complexity index is 1080. The van der Waals surface area contributed by atoms with Crippen molar-refractivity contribution < 1.29 is 23.9 Å². The molecule has 8 nitrogen and oxygen atoms in total. The first-order valence-corrected chi connectivity index (χ1v) is 9.32. The second-order valence-electron chi connectivity index (χ2n) is 5.71. The molecular formula is C18H15ClN3O5S+. The Morgan fingerprint density at radius 2 is 1.96 bits per heavy atom. The fourth-order valence-electron chi connectivity index (χ4n) is 2.34. The molecule has 1 heterocycles. The molecule has 0 saturated carbocycles. The highest BCUT2D eigenvalue weighted by atomic mass is 35.5. The minimum absolute atomic E-state index is 0.0711.